The summed E-state index contributed by atoms with van der Waals surface area (Å²) < 4.78 is 0. The van der Waals surface area contributed by atoms with Gasteiger partial charge >= 0.3 is 11.9 Å². The molecule has 1 aromatic rings. The van der Waals surface area contributed by atoms with Crippen LogP contribution >= 0.6 is 23.2 Å². The Morgan fingerprint density at radius 3 is 2.14 bits per heavy atom. The Morgan fingerprint density at radius 2 is 1.61 bits per heavy atom. The van der Waals surface area contributed by atoms with Crippen LogP contribution in [0.4, 0.5) is 0 Å². The van der Waals surface area contributed by atoms with Gasteiger partial charge in [0.15, 0.2) is 0 Å². The summed E-state index contributed by atoms with van der Waals surface area (Å²) in [6.07, 6.45) is 6.29. The minimum atomic E-state index is -1.64. The van der Waals surface area contributed by atoms with Gasteiger partial charge in [0.25, 0.3) is 5.91 Å². The molecule has 0 heterocycles. The SMILES string of the molecule is CC1(C)C(CC(NC(=O)C2CCCC2)C(=O)O)=CC=C(NC(=O)c2c(Cl)cccc2Cl)C1(C)C(=O)O. The van der Waals surface area contributed by atoms with Crippen molar-refractivity contribution in [1.29, 1.82) is 0 Å². The molecule has 1 saturated carbocycles. The number of carbonyl (C=O) groups excluding carboxylic acids is 2. The third-order valence-electron chi connectivity index (χ3n) is 7.67. The first-order chi connectivity index (χ1) is 16.8. The summed E-state index contributed by atoms with van der Waals surface area (Å²) >= 11 is 12.3. The molecule has 0 saturated heterocycles. The van der Waals surface area contributed by atoms with E-state index in [0.717, 1.165) is 25.7 Å². The number of carboxylic acids is 2. The molecule has 194 valence electrons. The first-order valence-corrected chi connectivity index (χ1v) is 12.5. The number of aliphatic carboxylic acids is 2. The minimum Gasteiger partial charge on any atom is -0.481 e. The fourth-order valence-corrected chi connectivity index (χ4v) is 5.46. The lowest BCUT2D eigenvalue weighted by Crippen LogP contribution is -2.52. The van der Waals surface area contributed by atoms with E-state index in [0.29, 0.717) is 5.57 Å². The summed E-state index contributed by atoms with van der Waals surface area (Å²) in [4.78, 5) is 50.2. The molecule has 8 nitrogen and oxygen atoms in total. The molecule has 0 spiro atoms. The molecule has 2 atom stereocenters. The van der Waals surface area contributed by atoms with E-state index in [-0.39, 0.29) is 39.6 Å². The second-order valence-corrected chi connectivity index (χ2v) is 10.8. The van der Waals surface area contributed by atoms with Crippen LogP contribution in [0.2, 0.25) is 10.0 Å². The molecule has 0 aromatic heterocycles. The summed E-state index contributed by atoms with van der Waals surface area (Å²) in [5, 5.41) is 25.6. The van der Waals surface area contributed by atoms with Crippen molar-refractivity contribution in [2.45, 2.75) is 58.9 Å². The number of rotatable bonds is 8. The standard InChI is InChI=1S/C26H30Cl2N2O6/c1-25(2)15(13-18(23(33)34)29-21(31)14-7-4-5-8-14)11-12-19(26(25,3)24(35)36)30-22(32)20-16(27)9-6-10-17(20)28/h6,9-12,14,18H,4-5,7-8,13H2,1-3H3,(H,29,31)(H,30,32)(H,33,34)(H,35,36). The van der Waals surface area contributed by atoms with Crippen molar-refractivity contribution < 1.29 is 29.4 Å². The van der Waals surface area contributed by atoms with E-state index in [9.17, 15) is 29.4 Å². The van der Waals surface area contributed by atoms with Crippen LogP contribution in [0.5, 0.6) is 0 Å². The first kappa shape index (κ1) is 27.7. The van der Waals surface area contributed by atoms with E-state index in [1.54, 1.807) is 26.0 Å². The lowest BCUT2D eigenvalue weighted by molar-refractivity contribution is -0.151. The van der Waals surface area contributed by atoms with Crippen molar-refractivity contribution in [2.24, 2.45) is 16.7 Å². The topological polar surface area (TPSA) is 133 Å². The van der Waals surface area contributed by atoms with Crippen LogP contribution in [-0.4, -0.2) is 40.0 Å². The molecule has 3 rings (SSSR count). The number of hydrogen-bond acceptors (Lipinski definition) is 4. The number of halogens is 2. The van der Waals surface area contributed by atoms with Crippen molar-refractivity contribution in [2.75, 3.05) is 0 Å². The van der Waals surface area contributed by atoms with Crippen molar-refractivity contribution in [1.82, 2.24) is 10.6 Å². The van der Waals surface area contributed by atoms with E-state index < -0.39 is 34.7 Å². The largest absolute Gasteiger partial charge is 0.481 e. The maximum Gasteiger partial charge on any atom is 0.326 e. The molecule has 2 unspecified atom stereocenters. The van der Waals surface area contributed by atoms with Gasteiger partial charge in [-0.05, 0) is 38.0 Å². The predicted octanol–water partition coefficient (Wildman–Crippen LogP) is 4.81. The van der Waals surface area contributed by atoms with E-state index in [4.69, 9.17) is 23.2 Å². The molecule has 2 amide bonds. The summed E-state index contributed by atoms with van der Waals surface area (Å²) in [6, 6.07) is 3.38. The highest BCUT2D eigenvalue weighted by atomic mass is 35.5. The molecule has 4 N–H and O–H groups in total. The minimum absolute atomic E-state index is 0.0163. The molecule has 2 aliphatic carbocycles. The number of carboxylic acid groups (broad SMARTS) is 2. The van der Waals surface area contributed by atoms with Crippen LogP contribution in [0.25, 0.3) is 0 Å². The molecule has 1 aromatic carbocycles. The average Bonchev–Trinajstić information content (AvgIpc) is 3.33. The van der Waals surface area contributed by atoms with Gasteiger partial charge < -0.3 is 20.8 Å². The van der Waals surface area contributed by atoms with E-state index in [1.165, 1.54) is 25.1 Å². The van der Waals surface area contributed by atoms with E-state index >= 15 is 0 Å². The maximum atomic E-state index is 13.0. The van der Waals surface area contributed by atoms with Gasteiger partial charge in [-0.15, -0.1) is 0 Å². The Balaban J connectivity index is 1.93. The number of nitrogens with one attached hydrogen (secondary N) is 2. The molecule has 0 aliphatic heterocycles. The molecule has 0 bridgehead atoms. The summed E-state index contributed by atoms with van der Waals surface area (Å²) in [7, 11) is 0. The predicted molar refractivity (Wildman–Crippen MR) is 136 cm³/mol. The lowest BCUT2D eigenvalue weighted by atomic mass is 9.58. The number of allylic oxidation sites excluding steroid dienone is 2. The molecule has 10 heteroatoms. The third-order valence-corrected chi connectivity index (χ3v) is 8.30. The Labute approximate surface area is 219 Å². The fourth-order valence-electron chi connectivity index (χ4n) is 4.89. The van der Waals surface area contributed by atoms with Crippen LogP contribution in [0, 0.1) is 16.7 Å². The number of carbonyl (C=O) groups is 4. The van der Waals surface area contributed by atoms with Crippen LogP contribution in [0.15, 0.2) is 41.6 Å². The normalized spacial score (nSPS) is 22.2. The van der Waals surface area contributed by atoms with Crippen LogP contribution in [-0.2, 0) is 14.4 Å². The van der Waals surface area contributed by atoms with Gasteiger partial charge in [-0.1, -0.05) is 67.6 Å². The Bertz CT molecular complexity index is 1130. The average molecular weight is 537 g/mol. The van der Waals surface area contributed by atoms with Crippen LogP contribution in [0.3, 0.4) is 0 Å². The smallest absolute Gasteiger partial charge is 0.326 e. The molecule has 0 radical (unpaired) electrons. The monoisotopic (exact) mass is 536 g/mol. The number of amides is 2. The van der Waals surface area contributed by atoms with Crippen molar-refractivity contribution >= 4 is 47.0 Å². The highest BCUT2D eigenvalue weighted by molar-refractivity contribution is 6.39. The maximum absolute atomic E-state index is 13.0. The summed E-state index contributed by atoms with van der Waals surface area (Å²) in [5.74, 6) is -3.58. The summed E-state index contributed by atoms with van der Waals surface area (Å²) in [6.45, 7) is 4.81. The molecular formula is C26H30Cl2N2O6. The number of hydrogen-bond donors (Lipinski definition) is 4. The Morgan fingerprint density at radius 1 is 1.03 bits per heavy atom. The van der Waals surface area contributed by atoms with Gasteiger partial charge in [0.05, 0.1) is 15.6 Å². The zero-order chi connectivity index (χ0) is 26.8. The summed E-state index contributed by atoms with van der Waals surface area (Å²) in [5.41, 5.74) is -2.14. The Kier molecular flexibility index (Phi) is 8.20. The highest BCUT2D eigenvalue weighted by Crippen LogP contribution is 2.52. The van der Waals surface area contributed by atoms with Gasteiger partial charge in [-0.3, -0.25) is 14.4 Å². The first-order valence-electron chi connectivity index (χ1n) is 11.7. The molecule has 1 fully saturated rings. The van der Waals surface area contributed by atoms with Gasteiger partial charge in [0.2, 0.25) is 5.91 Å². The van der Waals surface area contributed by atoms with Gasteiger partial charge in [-0.2, -0.15) is 0 Å². The Hall–Kier alpha value is -2.84. The second kappa shape index (κ2) is 10.6. The van der Waals surface area contributed by atoms with Crippen LogP contribution in [0.1, 0.15) is 63.2 Å². The van der Waals surface area contributed by atoms with Gasteiger partial charge in [-0.25, -0.2) is 4.79 Å². The zero-order valence-electron chi connectivity index (χ0n) is 20.4. The molecular weight excluding hydrogens is 507 g/mol. The third kappa shape index (κ3) is 5.15. The highest BCUT2D eigenvalue weighted by Gasteiger charge is 2.54. The van der Waals surface area contributed by atoms with Crippen molar-refractivity contribution in [3.05, 3.63) is 57.2 Å². The quantitative estimate of drug-likeness (QED) is 0.376. The van der Waals surface area contributed by atoms with Gasteiger partial charge in [0.1, 0.15) is 11.5 Å². The van der Waals surface area contributed by atoms with Crippen molar-refractivity contribution in [3.8, 4) is 0 Å². The lowest BCUT2D eigenvalue weighted by Gasteiger charge is -2.46. The fraction of sp³-hybridized carbons (Fsp3) is 0.462. The second-order valence-electron chi connectivity index (χ2n) is 9.96. The zero-order valence-corrected chi connectivity index (χ0v) is 21.9. The van der Waals surface area contributed by atoms with Crippen LogP contribution < -0.4 is 10.6 Å². The number of benzene rings is 1. The van der Waals surface area contributed by atoms with E-state index in [1.807, 2.05) is 0 Å². The van der Waals surface area contributed by atoms with Gasteiger partial charge in [0, 0.05) is 23.5 Å². The molecule has 36 heavy (non-hydrogen) atoms. The molecule has 2 aliphatic rings. The van der Waals surface area contributed by atoms with E-state index in [2.05, 4.69) is 10.6 Å². The van der Waals surface area contributed by atoms with Crippen molar-refractivity contribution in [3.63, 3.8) is 0 Å².